The summed E-state index contributed by atoms with van der Waals surface area (Å²) in [5.41, 5.74) is 0.692. The van der Waals surface area contributed by atoms with Crippen LogP contribution < -0.4 is 16.0 Å². The number of carbonyl (C=O) groups is 1. The van der Waals surface area contributed by atoms with Gasteiger partial charge in [0.2, 0.25) is 0 Å². The van der Waals surface area contributed by atoms with E-state index in [1.54, 1.807) is 0 Å². The number of nitrogens with zero attached hydrogens (tertiary/aromatic N) is 1. The zero-order valence-electron chi connectivity index (χ0n) is 15.5. The van der Waals surface area contributed by atoms with Crippen LogP contribution in [-0.2, 0) is 13.0 Å². The van der Waals surface area contributed by atoms with Gasteiger partial charge >= 0.3 is 0 Å². The highest BCUT2D eigenvalue weighted by Crippen LogP contribution is 2.17. The average Bonchev–Trinajstić information content (AvgIpc) is 3.14. The summed E-state index contributed by atoms with van der Waals surface area (Å²) in [5, 5.41) is 9.51. The Bertz CT molecular complexity index is 697. The van der Waals surface area contributed by atoms with E-state index in [-0.39, 0.29) is 5.91 Å². The molecule has 0 spiro atoms. The van der Waals surface area contributed by atoms with Crippen LogP contribution in [0.1, 0.15) is 40.4 Å². The Morgan fingerprint density at radius 3 is 2.38 bits per heavy atom. The van der Waals surface area contributed by atoms with Crippen LogP contribution in [0, 0.1) is 0 Å². The second-order valence-corrected chi connectivity index (χ2v) is 7.07. The molecule has 0 radical (unpaired) electrons. The summed E-state index contributed by atoms with van der Waals surface area (Å²) < 4.78 is 0. The van der Waals surface area contributed by atoms with Crippen LogP contribution in [0.15, 0.2) is 47.5 Å². The number of aryl methyl sites for hydroxylation is 1. The summed E-state index contributed by atoms with van der Waals surface area (Å²) in [6, 6.07) is 13.6. The van der Waals surface area contributed by atoms with Crippen LogP contribution >= 0.6 is 11.3 Å². The Hall–Kier alpha value is -2.34. The highest BCUT2D eigenvalue weighted by molar-refractivity contribution is 7.11. The van der Waals surface area contributed by atoms with Crippen LogP contribution in [0.3, 0.4) is 0 Å². The van der Waals surface area contributed by atoms with Gasteiger partial charge in [-0.1, -0.05) is 25.1 Å². The predicted octanol–water partition coefficient (Wildman–Crippen LogP) is 3.19. The van der Waals surface area contributed by atoms with E-state index in [0.717, 1.165) is 31.9 Å². The lowest BCUT2D eigenvalue weighted by Crippen LogP contribution is -2.38. The molecule has 0 aliphatic rings. The summed E-state index contributed by atoms with van der Waals surface area (Å²) in [4.78, 5) is 19.3. The van der Waals surface area contributed by atoms with Crippen molar-refractivity contribution in [3.05, 3.63) is 57.8 Å². The third-order valence-corrected chi connectivity index (χ3v) is 4.98. The summed E-state index contributed by atoms with van der Waals surface area (Å²) in [5.74, 6) is 0.781. The third-order valence-electron chi connectivity index (χ3n) is 3.77. The Labute approximate surface area is 159 Å². The molecule has 26 heavy (non-hydrogen) atoms. The van der Waals surface area contributed by atoms with Gasteiger partial charge in [-0.15, -0.1) is 11.3 Å². The summed E-state index contributed by atoms with van der Waals surface area (Å²) in [7, 11) is 0. The number of benzene rings is 1. The summed E-state index contributed by atoms with van der Waals surface area (Å²) in [6.07, 6.45) is 1.91. The molecule has 0 saturated heterocycles. The molecule has 1 aromatic carbocycles. The van der Waals surface area contributed by atoms with E-state index in [1.165, 1.54) is 9.75 Å². The largest absolute Gasteiger partial charge is 0.357 e. The van der Waals surface area contributed by atoms with Crippen molar-refractivity contribution >= 4 is 23.2 Å². The van der Waals surface area contributed by atoms with Crippen molar-refractivity contribution in [1.82, 2.24) is 16.0 Å². The van der Waals surface area contributed by atoms with Gasteiger partial charge in [-0.3, -0.25) is 4.79 Å². The lowest BCUT2D eigenvalue weighted by Gasteiger charge is -2.11. The van der Waals surface area contributed by atoms with Gasteiger partial charge in [0.15, 0.2) is 5.96 Å². The maximum Gasteiger partial charge on any atom is 0.251 e. The van der Waals surface area contributed by atoms with Crippen molar-refractivity contribution in [3.8, 4) is 0 Å². The van der Waals surface area contributed by atoms with E-state index in [0.29, 0.717) is 18.7 Å². The van der Waals surface area contributed by atoms with Crippen LogP contribution in [-0.4, -0.2) is 31.5 Å². The molecule has 1 aromatic heterocycles. The predicted molar refractivity (Wildman–Crippen MR) is 110 cm³/mol. The van der Waals surface area contributed by atoms with Crippen molar-refractivity contribution in [3.63, 3.8) is 0 Å². The first-order valence-corrected chi connectivity index (χ1v) is 9.97. The Morgan fingerprint density at radius 2 is 1.69 bits per heavy atom. The SMILES string of the molecule is CCNC(=NCc1ccc(CC)s1)NCCCNC(=O)c1ccccc1. The fourth-order valence-electron chi connectivity index (χ4n) is 2.38. The van der Waals surface area contributed by atoms with E-state index in [9.17, 15) is 4.79 Å². The van der Waals surface area contributed by atoms with E-state index in [4.69, 9.17) is 0 Å². The van der Waals surface area contributed by atoms with Crippen LogP contribution in [0.4, 0.5) is 0 Å². The molecular weight excluding hydrogens is 344 g/mol. The minimum atomic E-state index is -0.0319. The van der Waals surface area contributed by atoms with Gasteiger partial charge in [-0.05, 0) is 44.0 Å². The number of thiophene rings is 1. The van der Waals surface area contributed by atoms with Gasteiger partial charge in [0.1, 0.15) is 0 Å². The monoisotopic (exact) mass is 372 g/mol. The Balaban J connectivity index is 1.70. The zero-order chi connectivity index (χ0) is 18.6. The number of amides is 1. The van der Waals surface area contributed by atoms with Crippen LogP contribution in [0.2, 0.25) is 0 Å². The number of nitrogens with one attached hydrogen (secondary N) is 3. The van der Waals surface area contributed by atoms with Gasteiger partial charge in [-0.25, -0.2) is 4.99 Å². The molecule has 140 valence electrons. The molecule has 3 N–H and O–H groups in total. The summed E-state index contributed by atoms with van der Waals surface area (Å²) in [6.45, 7) is 7.11. The molecule has 5 nitrogen and oxygen atoms in total. The van der Waals surface area contributed by atoms with E-state index < -0.39 is 0 Å². The highest BCUT2D eigenvalue weighted by atomic mass is 32.1. The smallest absolute Gasteiger partial charge is 0.251 e. The molecule has 0 bridgehead atoms. The van der Waals surface area contributed by atoms with Crippen molar-refractivity contribution < 1.29 is 4.79 Å². The second-order valence-electron chi connectivity index (χ2n) is 5.82. The standard InChI is InChI=1S/C20H28N4OS/c1-3-17-11-12-18(26-17)15-24-20(21-4-2)23-14-8-13-22-19(25)16-9-6-5-7-10-16/h5-7,9-12H,3-4,8,13-15H2,1-2H3,(H,22,25)(H2,21,23,24). The van der Waals surface area contributed by atoms with Crippen molar-refractivity contribution in [2.45, 2.75) is 33.2 Å². The molecule has 0 aliphatic heterocycles. The highest BCUT2D eigenvalue weighted by Gasteiger charge is 2.03. The van der Waals surface area contributed by atoms with Crippen LogP contribution in [0.5, 0.6) is 0 Å². The van der Waals surface area contributed by atoms with Gasteiger partial charge in [-0.2, -0.15) is 0 Å². The van der Waals surface area contributed by atoms with E-state index >= 15 is 0 Å². The molecule has 2 aromatic rings. The van der Waals surface area contributed by atoms with Crippen molar-refractivity contribution in [2.75, 3.05) is 19.6 Å². The molecule has 1 amide bonds. The molecule has 0 atom stereocenters. The summed E-state index contributed by atoms with van der Waals surface area (Å²) >= 11 is 1.82. The molecule has 1 heterocycles. The molecule has 0 fully saturated rings. The van der Waals surface area contributed by atoms with Gasteiger partial charge in [0.05, 0.1) is 6.54 Å². The molecule has 0 unspecified atom stereocenters. The lowest BCUT2D eigenvalue weighted by molar-refractivity contribution is 0.0953. The molecule has 2 rings (SSSR count). The minimum absolute atomic E-state index is 0.0319. The lowest BCUT2D eigenvalue weighted by atomic mass is 10.2. The number of rotatable bonds is 9. The zero-order valence-corrected chi connectivity index (χ0v) is 16.4. The molecule has 0 saturated carbocycles. The van der Waals surface area contributed by atoms with Gasteiger partial charge < -0.3 is 16.0 Å². The number of hydrogen-bond donors (Lipinski definition) is 3. The quantitative estimate of drug-likeness (QED) is 0.360. The number of guanidine groups is 1. The maximum atomic E-state index is 12.0. The van der Waals surface area contributed by atoms with Gasteiger partial charge in [0.25, 0.3) is 5.91 Å². The first-order chi connectivity index (χ1) is 12.7. The number of aliphatic imine (C=N–C) groups is 1. The van der Waals surface area contributed by atoms with Crippen molar-refractivity contribution in [1.29, 1.82) is 0 Å². The fourth-order valence-corrected chi connectivity index (χ4v) is 3.27. The second kappa shape index (κ2) is 11.3. The number of hydrogen-bond acceptors (Lipinski definition) is 3. The fraction of sp³-hybridized carbons (Fsp3) is 0.400. The number of carbonyl (C=O) groups excluding carboxylic acids is 1. The molecule has 0 aliphatic carbocycles. The Kier molecular flexibility index (Phi) is 8.69. The van der Waals surface area contributed by atoms with E-state index in [2.05, 4.69) is 46.9 Å². The molecular formula is C20H28N4OS. The maximum absolute atomic E-state index is 12.0. The first kappa shape index (κ1) is 20.0. The van der Waals surface area contributed by atoms with Crippen LogP contribution in [0.25, 0.3) is 0 Å². The van der Waals surface area contributed by atoms with Gasteiger partial charge in [0, 0.05) is 35.0 Å². The average molecular weight is 373 g/mol. The molecule has 6 heteroatoms. The normalized spacial score (nSPS) is 11.2. The van der Waals surface area contributed by atoms with E-state index in [1.807, 2.05) is 41.7 Å². The third kappa shape index (κ3) is 6.88. The van der Waals surface area contributed by atoms with Crippen molar-refractivity contribution in [2.24, 2.45) is 4.99 Å². The Morgan fingerprint density at radius 1 is 0.962 bits per heavy atom. The first-order valence-electron chi connectivity index (χ1n) is 9.16. The minimum Gasteiger partial charge on any atom is -0.357 e. The topological polar surface area (TPSA) is 65.5 Å².